The summed E-state index contributed by atoms with van der Waals surface area (Å²) in [5.74, 6) is -2.66. The predicted octanol–water partition coefficient (Wildman–Crippen LogP) is 4.02. The summed E-state index contributed by atoms with van der Waals surface area (Å²) in [5.41, 5.74) is -1.42. The molecular formula is C21H13F4N5O3. The second kappa shape index (κ2) is 8.22. The lowest BCUT2D eigenvalue weighted by molar-refractivity contribution is -0.137. The molecule has 2 aromatic heterocycles. The van der Waals surface area contributed by atoms with Crippen LogP contribution in [0.2, 0.25) is 0 Å². The normalized spacial score (nSPS) is 11.4. The summed E-state index contributed by atoms with van der Waals surface area (Å²) in [6, 6.07) is 9.38. The molecule has 33 heavy (non-hydrogen) atoms. The number of halogens is 4. The smallest absolute Gasteiger partial charge is 0.416 e. The zero-order valence-electron chi connectivity index (χ0n) is 16.4. The van der Waals surface area contributed by atoms with E-state index in [1.54, 1.807) is 12.1 Å². The Bertz CT molecular complexity index is 1390. The third-order valence-corrected chi connectivity index (χ3v) is 4.62. The van der Waals surface area contributed by atoms with Crippen molar-refractivity contribution in [1.82, 2.24) is 19.3 Å². The van der Waals surface area contributed by atoms with E-state index in [9.17, 15) is 32.3 Å². The molecule has 0 spiro atoms. The number of aromatic nitrogens is 4. The maximum Gasteiger partial charge on any atom is 0.416 e. The minimum atomic E-state index is -4.70. The van der Waals surface area contributed by atoms with Gasteiger partial charge in [-0.25, -0.2) is 18.9 Å². The molecule has 0 bridgehead atoms. The Morgan fingerprint density at radius 1 is 1.00 bits per heavy atom. The van der Waals surface area contributed by atoms with E-state index in [-0.39, 0.29) is 17.2 Å². The Kier molecular flexibility index (Phi) is 5.42. The molecule has 2 aromatic carbocycles. The van der Waals surface area contributed by atoms with Crippen LogP contribution in [-0.2, 0) is 6.18 Å². The molecule has 2 heterocycles. The predicted molar refractivity (Wildman–Crippen MR) is 109 cm³/mol. The van der Waals surface area contributed by atoms with Crippen molar-refractivity contribution < 1.29 is 27.5 Å². The molecule has 0 unspecified atom stereocenters. The van der Waals surface area contributed by atoms with E-state index in [0.29, 0.717) is 23.5 Å². The largest absolute Gasteiger partial charge is 0.477 e. The third kappa shape index (κ3) is 4.31. The molecule has 0 radical (unpaired) electrons. The van der Waals surface area contributed by atoms with Gasteiger partial charge < -0.3 is 10.4 Å². The molecule has 4 rings (SSSR count). The first-order valence-corrected chi connectivity index (χ1v) is 9.25. The van der Waals surface area contributed by atoms with Crippen molar-refractivity contribution in [2.24, 2.45) is 0 Å². The Labute approximate surface area is 182 Å². The first-order chi connectivity index (χ1) is 15.6. The summed E-state index contributed by atoms with van der Waals surface area (Å²) in [5, 5.41) is 15.6. The zero-order valence-corrected chi connectivity index (χ0v) is 16.4. The maximum absolute atomic E-state index is 14.1. The van der Waals surface area contributed by atoms with E-state index in [1.165, 1.54) is 46.0 Å². The van der Waals surface area contributed by atoms with Gasteiger partial charge in [0.1, 0.15) is 5.82 Å². The number of carbonyl (C=O) groups is 1. The van der Waals surface area contributed by atoms with E-state index in [1.807, 2.05) is 0 Å². The molecule has 0 atom stereocenters. The van der Waals surface area contributed by atoms with Gasteiger partial charge in [-0.2, -0.15) is 18.3 Å². The van der Waals surface area contributed by atoms with Crippen LogP contribution in [0, 0.1) is 5.82 Å². The zero-order chi connectivity index (χ0) is 23.8. The number of hydrogen-bond acceptors (Lipinski definition) is 5. The number of alkyl halides is 3. The number of carboxylic acids is 1. The molecule has 12 heteroatoms. The molecule has 4 aromatic rings. The lowest BCUT2D eigenvalue weighted by atomic mass is 10.2. The monoisotopic (exact) mass is 459 g/mol. The van der Waals surface area contributed by atoms with Gasteiger partial charge in [0.25, 0.3) is 5.56 Å². The first-order valence-electron chi connectivity index (χ1n) is 9.25. The summed E-state index contributed by atoms with van der Waals surface area (Å²) in [7, 11) is 0. The minimum Gasteiger partial charge on any atom is -0.477 e. The molecule has 0 aliphatic heterocycles. The average molecular weight is 459 g/mol. The van der Waals surface area contributed by atoms with Crippen molar-refractivity contribution in [1.29, 1.82) is 0 Å². The van der Waals surface area contributed by atoms with Crippen LogP contribution in [-0.4, -0.2) is 30.4 Å². The Hall–Kier alpha value is -4.48. The fraction of sp³-hybridized carbons (Fsp3) is 0.0476. The number of rotatable bonds is 5. The van der Waals surface area contributed by atoms with E-state index in [0.717, 1.165) is 6.07 Å². The van der Waals surface area contributed by atoms with Crippen molar-refractivity contribution in [2.45, 2.75) is 6.18 Å². The van der Waals surface area contributed by atoms with Gasteiger partial charge in [0, 0.05) is 18.1 Å². The van der Waals surface area contributed by atoms with Crippen LogP contribution in [0.3, 0.4) is 0 Å². The van der Waals surface area contributed by atoms with Crippen LogP contribution in [0.25, 0.3) is 11.4 Å². The van der Waals surface area contributed by atoms with Gasteiger partial charge >= 0.3 is 12.1 Å². The van der Waals surface area contributed by atoms with Crippen molar-refractivity contribution in [3.63, 3.8) is 0 Å². The Balaban J connectivity index is 1.63. The highest BCUT2D eigenvalue weighted by molar-refractivity contribution is 5.86. The fourth-order valence-electron chi connectivity index (χ4n) is 3.05. The summed E-state index contributed by atoms with van der Waals surface area (Å²) >= 11 is 0. The molecule has 0 aliphatic carbocycles. The molecule has 2 N–H and O–H groups in total. The number of anilines is 2. The van der Waals surface area contributed by atoms with Crippen LogP contribution in [0.5, 0.6) is 0 Å². The SMILES string of the molecule is O=C(O)c1ccnn1-c1ccc(-n2ccnc(Nc3ccc(C(F)(F)F)cc3F)c2=O)cc1. The van der Waals surface area contributed by atoms with Gasteiger partial charge in [-0.1, -0.05) is 0 Å². The van der Waals surface area contributed by atoms with E-state index in [2.05, 4.69) is 15.4 Å². The lowest BCUT2D eigenvalue weighted by Gasteiger charge is -2.12. The van der Waals surface area contributed by atoms with Gasteiger partial charge in [-0.05, 0) is 48.5 Å². The molecule has 8 nitrogen and oxygen atoms in total. The highest BCUT2D eigenvalue weighted by Gasteiger charge is 2.31. The number of aromatic carboxylic acids is 1. The molecule has 0 saturated carbocycles. The number of nitrogens with one attached hydrogen (secondary N) is 1. The van der Waals surface area contributed by atoms with Crippen LogP contribution in [0.15, 0.2) is 71.9 Å². The molecule has 0 saturated heterocycles. The number of carboxylic acid groups (broad SMARTS) is 1. The number of nitrogens with zero attached hydrogens (tertiary/aromatic N) is 4. The number of benzene rings is 2. The second-order valence-electron chi connectivity index (χ2n) is 6.72. The van der Waals surface area contributed by atoms with E-state index in [4.69, 9.17) is 0 Å². The van der Waals surface area contributed by atoms with Crippen molar-refractivity contribution in [2.75, 3.05) is 5.32 Å². The third-order valence-electron chi connectivity index (χ3n) is 4.62. The van der Waals surface area contributed by atoms with Crippen molar-refractivity contribution in [3.05, 3.63) is 94.5 Å². The summed E-state index contributed by atoms with van der Waals surface area (Å²) in [4.78, 5) is 27.9. The quantitative estimate of drug-likeness (QED) is 0.437. The molecule has 0 aliphatic rings. The van der Waals surface area contributed by atoms with Crippen molar-refractivity contribution >= 4 is 17.5 Å². The van der Waals surface area contributed by atoms with E-state index < -0.39 is 29.1 Å². The van der Waals surface area contributed by atoms with E-state index >= 15 is 0 Å². The second-order valence-corrected chi connectivity index (χ2v) is 6.72. The van der Waals surface area contributed by atoms with Crippen LogP contribution < -0.4 is 10.9 Å². The number of hydrogen-bond donors (Lipinski definition) is 2. The van der Waals surface area contributed by atoms with Gasteiger partial charge in [0.2, 0.25) is 0 Å². The van der Waals surface area contributed by atoms with Crippen LogP contribution in [0.4, 0.5) is 29.1 Å². The van der Waals surface area contributed by atoms with Crippen molar-refractivity contribution in [3.8, 4) is 11.4 Å². The Morgan fingerprint density at radius 2 is 1.70 bits per heavy atom. The molecule has 0 amide bonds. The Morgan fingerprint density at radius 3 is 2.33 bits per heavy atom. The minimum absolute atomic E-state index is 0.0473. The summed E-state index contributed by atoms with van der Waals surface area (Å²) in [6.45, 7) is 0. The molecule has 0 fully saturated rings. The first kappa shape index (κ1) is 21.7. The lowest BCUT2D eigenvalue weighted by Crippen LogP contribution is -2.22. The van der Waals surface area contributed by atoms with Gasteiger partial charge in [-0.3, -0.25) is 9.36 Å². The van der Waals surface area contributed by atoms with Crippen LogP contribution in [0.1, 0.15) is 16.1 Å². The van der Waals surface area contributed by atoms with Crippen LogP contribution >= 0.6 is 0 Å². The average Bonchev–Trinajstić information content (AvgIpc) is 3.26. The molecular weight excluding hydrogens is 446 g/mol. The standard InChI is InChI=1S/C21H13F4N5O3/c22-15-11-12(21(23,24)25)1-6-16(15)28-18-19(31)29(10-9-26-18)13-2-4-14(5-3-13)30-17(20(32)33)7-8-27-30/h1-11H,(H,26,28)(H,32,33). The summed E-state index contributed by atoms with van der Waals surface area (Å²) < 4.78 is 54.7. The highest BCUT2D eigenvalue weighted by atomic mass is 19.4. The fourth-order valence-corrected chi connectivity index (χ4v) is 3.05. The maximum atomic E-state index is 14.1. The summed E-state index contributed by atoms with van der Waals surface area (Å²) in [6.07, 6.45) is -0.758. The topological polar surface area (TPSA) is 102 Å². The highest BCUT2D eigenvalue weighted by Crippen LogP contribution is 2.31. The van der Waals surface area contributed by atoms with Gasteiger partial charge in [0.05, 0.1) is 23.1 Å². The van der Waals surface area contributed by atoms with Gasteiger partial charge in [-0.15, -0.1) is 0 Å². The molecule has 168 valence electrons. The van der Waals surface area contributed by atoms with Gasteiger partial charge in [0.15, 0.2) is 11.5 Å².